The van der Waals surface area contributed by atoms with Crippen LogP contribution in [0.2, 0.25) is 0 Å². The number of ether oxygens (including phenoxy) is 3. The first-order chi connectivity index (χ1) is 28.0. The number of hydrogen-bond acceptors (Lipinski definition) is 17. The number of benzene rings is 4. The molecule has 0 spiro atoms. The molecule has 18 nitrogen and oxygen atoms in total. The lowest BCUT2D eigenvalue weighted by Gasteiger charge is -2.11. The molecule has 10 aromatic rings. The molecule has 0 N–H and O–H groups in total. The standard InChI is InChI=1S/C39H15N15O3/c1-42-36-39(57-21-15-9-4-10-16-21)54-35-32(51-36)47-26-28-24(45-31-34(49-28)53-38(23(18-41)44-31)56-20-13-7-3-8-14-20)27-25(29(26)50-35)46-30-33(48-27)52-37(22(17-40)43-30)55-19-11-5-2-6-12-19/h2-16H. The number of aromatic nitrogens is 12. The van der Waals surface area contributed by atoms with E-state index in [1.165, 1.54) is 0 Å². The molecule has 4 aromatic carbocycles. The fourth-order valence-corrected chi connectivity index (χ4v) is 5.82. The van der Waals surface area contributed by atoms with Crippen LogP contribution in [0.1, 0.15) is 11.4 Å². The van der Waals surface area contributed by atoms with Crippen LogP contribution in [0.3, 0.4) is 0 Å². The van der Waals surface area contributed by atoms with E-state index >= 15 is 0 Å². The van der Waals surface area contributed by atoms with Crippen molar-refractivity contribution in [3.05, 3.63) is 114 Å². The molecular formula is C39H15N15O3. The van der Waals surface area contributed by atoms with Crippen LogP contribution < -0.4 is 14.2 Å². The summed E-state index contributed by atoms with van der Waals surface area (Å²) in [5.41, 5.74) is 0.623. The van der Waals surface area contributed by atoms with Gasteiger partial charge < -0.3 is 19.1 Å². The minimum atomic E-state index is -0.155. The first-order valence-electron chi connectivity index (χ1n) is 16.7. The van der Waals surface area contributed by atoms with Crippen molar-refractivity contribution < 1.29 is 14.2 Å². The predicted octanol–water partition coefficient (Wildman–Crippen LogP) is 7.02. The van der Waals surface area contributed by atoms with E-state index in [0.29, 0.717) is 17.2 Å². The minimum absolute atomic E-state index is 0.00141. The maximum absolute atomic E-state index is 10.0. The average molecular weight is 742 g/mol. The molecule has 0 radical (unpaired) electrons. The Morgan fingerprint density at radius 3 is 1.02 bits per heavy atom. The van der Waals surface area contributed by atoms with Gasteiger partial charge in [-0.25, -0.2) is 34.9 Å². The second-order valence-corrected chi connectivity index (χ2v) is 11.9. The molecule has 0 atom stereocenters. The van der Waals surface area contributed by atoms with Gasteiger partial charge in [0.15, 0.2) is 11.3 Å². The second kappa shape index (κ2) is 13.0. The molecule has 0 amide bonds. The van der Waals surface area contributed by atoms with Crippen LogP contribution in [-0.4, -0.2) is 59.8 Å². The molecule has 0 saturated carbocycles. The van der Waals surface area contributed by atoms with Crippen molar-refractivity contribution in [3.63, 3.8) is 0 Å². The van der Waals surface area contributed by atoms with Crippen LogP contribution in [0.5, 0.6) is 34.9 Å². The normalized spacial score (nSPS) is 11.1. The summed E-state index contributed by atoms with van der Waals surface area (Å²) in [4.78, 5) is 59.1. The summed E-state index contributed by atoms with van der Waals surface area (Å²) < 4.78 is 17.7. The topological polar surface area (TPSA) is 234 Å². The zero-order valence-corrected chi connectivity index (χ0v) is 28.6. The molecular weight excluding hydrogens is 727 g/mol. The monoisotopic (exact) mass is 741 g/mol. The van der Waals surface area contributed by atoms with Gasteiger partial charge >= 0.3 is 5.82 Å². The smallest absolute Gasteiger partial charge is 0.334 e. The van der Waals surface area contributed by atoms with Crippen molar-refractivity contribution in [2.75, 3.05) is 0 Å². The van der Waals surface area contributed by atoms with Crippen LogP contribution in [0.25, 0.3) is 71.8 Å². The van der Waals surface area contributed by atoms with Gasteiger partial charge in [0, 0.05) is 0 Å². The van der Waals surface area contributed by atoms with E-state index in [9.17, 15) is 10.5 Å². The highest BCUT2D eigenvalue weighted by atomic mass is 16.5. The molecule has 0 unspecified atom stereocenters. The first kappa shape index (κ1) is 32.4. The van der Waals surface area contributed by atoms with Gasteiger partial charge in [-0.15, -0.1) is 0 Å². The van der Waals surface area contributed by atoms with Crippen LogP contribution in [0.4, 0.5) is 5.82 Å². The zero-order chi connectivity index (χ0) is 38.5. The molecule has 0 aliphatic carbocycles. The van der Waals surface area contributed by atoms with E-state index in [-0.39, 0.29) is 102 Å². The number of nitrogens with zero attached hydrogens (tertiary/aromatic N) is 15. The highest BCUT2D eigenvalue weighted by Crippen LogP contribution is 2.35. The van der Waals surface area contributed by atoms with Gasteiger partial charge in [-0.3, -0.25) is 0 Å². The Labute approximate surface area is 317 Å². The molecule has 57 heavy (non-hydrogen) atoms. The average Bonchev–Trinajstić information content (AvgIpc) is 3.25. The first-order valence-corrected chi connectivity index (χ1v) is 16.7. The maximum atomic E-state index is 10.0. The van der Waals surface area contributed by atoms with Gasteiger partial charge in [-0.05, 0) is 36.4 Å². The van der Waals surface area contributed by atoms with Crippen LogP contribution in [0.15, 0.2) is 91.0 Å². The molecule has 0 aliphatic heterocycles. The van der Waals surface area contributed by atoms with Crippen LogP contribution in [0, 0.1) is 29.2 Å². The van der Waals surface area contributed by atoms with E-state index in [2.05, 4.69) is 34.7 Å². The summed E-state index contributed by atoms with van der Waals surface area (Å²) in [7, 11) is 0. The minimum Gasteiger partial charge on any atom is -0.447 e. The largest absolute Gasteiger partial charge is 0.447 e. The molecule has 0 fully saturated rings. The third-order valence-electron chi connectivity index (χ3n) is 8.31. The Balaban J connectivity index is 1.27. The lowest BCUT2D eigenvalue weighted by Crippen LogP contribution is -2.05. The second-order valence-electron chi connectivity index (χ2n) is 11.9. The van der Waals surface area contributed by atoms with Gasteiger partial charge in [0.25, 0.3) is 17.4 Å². The number of hydrogen-bond donors (Lipinski definition) is 0. The predicted molar refractivity (Wildman–Crippen MR) is 200 cm³/mol. The fraction of sp³-hybridized carbons (Fsp3) is 0. The summed E-state index contributed by atoms with van der Waals surface area (Å²) >= 11 is 0. The highest BCUT2D eigenvalue weighted by molar-refractivity contribution is 6.20. The van der Waals surface area contributed by atoms with Gasteiger partial charge in [-0.2, -0.15) is 30.5 Å². The summed E-state index contributed by atoms with van der Waals surface area (Å²) in [6, 6.07) is 30.4. The van der Waals surface area contributed by atoms with Crippen LogP contribution >= 0.6 is 0 Å². The maximum Gasteiger partial charge on any atom is 0.334 e. The summed E-state index contributed by atoms with van der Waals surface area (Å²) in [6.07, 6.45) is 0. The molecule has 0 saturated heterocycles. The summed E-state index contributed by atoms with van der Waals surface area (Å²) in [5, 5.41) is 20.0. The number of para-hydroxylation sites is 3. The van der Waals surface area contributed by atoms with Crippen molar-refractivity contribution in [2.24, 2.45) is 0 Å². The third kappa shape index (κ3) is 5.66. The Bertz CT molecular complexity index is 3030. The third-order valence-corrected chi connectivity index (χ3v) is 8.31. The molecule has 18 heteroatoms. The molecule has 6 aromatic heterocycles. The van der Waals surface area contributed by atoms with Crippen LogP contribution in [-0.2, 0) is 0 Å². The lowest BCUT2D eigenvalue weighted by atomic mass is 10.2. The SMILES string of the molecule is [C-]#[N+]c1nc2nc3c4nc5nc(Oc6ccccc6)c(C#N)nc5nc4c4nc5nc(Oc6ccccc6)c(C#N)nc5nc4c3nc2nc1Oc1ccccc1. The Morgan fingerprint density at radius 1 is 0.386 bits per heavy atom. The van der Waals surface area contributed by atoms with Crippen molar-refractivity contribution in [3.8, 4) is 47.0 Å². The molecule has 6 heterocycles. The molecule has 264 valence electrons. The number of nitriles is 2. The quantitative estimate of drug-likeness (QED) is 0.0945. The Morgan fingerprint density at radius 2 is 0.684 bits per heavy atom. The highest BCUT2D eigenvalue weighted by Gasteiger charge is 2.25. The molecule has 10 rings (SSSR count). The molecule has 0 aliphatic rings. The van der Waals surface area contributed by atoms with E-state index in [1.807, 2.05) is 30.3 Å². The van der Waals surface area contributed by atoms with E-state index in [4.69, 9.17) is 50.7 Å². The van der Waals surface area contributed by atoms with Gasteiger partial charge in [0.1, 0.15) is 62.5 Å². The van der Waals surface area contributed by atoms with Gasteiger partial charge in [-0.1, -0.05) is 66.2 Å². The van der Waals surface area contributed by atoms with Crippen molar-refractivity contribution >= 4 is 72.8 Å². The van der Waals surface area contributed by atoms with E-state index in [1.54, 1.807) is 72.8 Å². The Hall–Kier alpha value is -9.21. The van der Waals surface area contributed by atoms with Gasteiger partial charge in [0.2, 0.25) is 34.2 Å². The lowest BCUT2D eigenvalue weighted by molar-refractivity contribution is 0.460. The van der Waals surface area contributed by atoms with E-state index < -0.39 is 0 Å². The summed E-state index contributed by atoms with van der Waals surface area (Å²) in [6.45, 7) is 7.80. The van der Waals surface area contributed by atoms with E-state index in [0.717, 1.165) is 0 Å². The molecule has 0 bridgehead atoms. The fourth-order valence-electron chi connectivity index (χ4n) is 5.82. The Kier molecular flexibility index (Phi) is 7.41. The van der Waals surface area contributed by atoms with Crippen molar-refractivity contribution in [1.82, 2.24) is 59.8 Å². The van der Waals surface area contributed by atoms with Crippen molar-refractivity contribution in [1.29, 1.82) is 10.5 Å². The zero-order valence-electron chi connectivity index (χ0n) is 28.6. The number of fused-ring (bicyclic) bond motifs is 9. The summed E-state index contributed by atoms with van der Waals surface area (Å²) in [5.74, 6) is 0.850. The number of rotatable bonds is 6. The van der Waals surface area contributed by atoms with Crippen molar-refractivity contribution in [2.45, 2.75) is 0 Å². The van der Waals surface area contributed by atoms with Gasteiger partial charge in [0.05, 0.1) is 0 Å².